The van der Waals surface area contributed by atoms with E-state index >= 15 is 0 Å². The van der Waals surface area contributed by atoms with Crippen LogP contribution in [0.25, 0.3) is 0 Å². The normalized spacial score (nSPS) is 32.2. The van der Waals surface area contributed by atoms with E-state index in [9.17, 15) is 0 Å². The molecule has 112 valence electrons. The SMILES string of the molecule is CCN(CCNC1CC(C)CCC1C(C)C)C1CC1. The summed E-state index contributed by atoms with van der Waals surface area (Å²) in [6.07, 6.45) is 7.12. The molecule has 0 bridgehead atoms. The van der Waals surface area contributed by atoms with Crippen molar-refractivity contribution in [2.45, 2.75) is 71.9 Å². The average molecular weight is 266 g/mol. The molecule has 0 heterocycles. The van der Waals surface area contributed by atoms with Crippen molar-refractivity contribution in [3.05, 3.63) is 0 Å². The lowest BCUT2D eigenvalue weighted by Gasteiger charge is -2.38. The van der Waals surface area contributed by atoms with E-state index in [1.165, 1.54) is 51.7 Å². The van der Waals surface area contributed by atoms with Gasteiger partial charge in [-0.2, -0.15) is 0 Å². The highest BCUT2D eigenvalue weighted by Crippen LogP contribution is 2.33. The summed E-state index contributed by atoms with van der Waals surface area (Å²) in [7, 11) is 0. The van der Waals surface area contributed by atoms with Gasteiger partial charge in [0, 0.05) is 25.2 Å². The lowest BCUT2D eigenvalue weighted by atomic mass is 9.74. The Labute approximate surface area is 120 Å². The molecule has 0 spiro atoms. The second-order valence-electron chi connectivity index (χ2n) is 7.25. The van der Waals surface area contributed by atoms with Gasteiger partial charge in [-0.15, -0.1) is 0 Å². The van der Waals surface area contributed by atoms with Crippen LogP contribution in [0.5, 0.6) is 0 Å². The first kappa shape index (κ1) is 15.3. The topological polar surface area (TPSA) is 15.3 Å². The van der Waals surface area contributed by atoms with Crippen molar-refractivity contribution in [2.24, 2.45) is 17.8 Å². The van der Waals surface area contributed by atoms with Gasteiger partial charge < -0.3 is 5.32 Å². The molecule has 3 unspecified atom stereocenters. The fourth-order valence-corrected chi connectivity index (χ4v) is 3.87. The Bertz CT molecular complexity index is 260. The highest BCUT2D eigenvalue weighted by molar-refractivity contribution is 4.87. The van der Waals surface area contributed by atoms with Crippen LogP contribution in [0.4, 0.5) is 0 Å². The first-order valence-electron chi connectivity index (χ1n) is 8.59. The van der Waals surface area contributed by atoms with Crippen LogP contribution in [-0.4, -0.2) is 36.6 Å². The van der Waals surface area contributed by atoms with Gasteiger partial charge in [-0.25, -0.2) is 0 Å². The molecule has 0 amide bonds. The lowest BCUT2D eigenvalue weighted by molar-refractivity contribution is 0.164. The largest absolute Gasteiger partial charge is 0.312 e. The Hall–Kier alpha value is -0.0800. The van der Waals surface area contributed by atoms with Crippen LogP contribution in [0.1, 0.15) is 59.8 Å². The van der Waals surface area contributed by atoms with E-state index in [1.54, 1.807) is 0 Å². The van der Waals surface area contributed by atoms with Gasteiger partial charge in [0.25, 0.3) is 0 Å². The van der Waals surface area contributed by atoms with Crippen molar-refractivity contribution in [3.63, 3.8) is 0 Å². The minimum absolute atomic E-state index is 0.765. The first-order valence-corrected chi connectivity index (χ1v) is 8.59. The summed E-state index contributed by atoms with van der Waals surface area (Å²) in [6, 6.07) is 1.68. The van der Waals surface area contributed by atoms with Crippen molar-refractivity contribution in [3.8, 4) is 0 Å². The van der Waals surface area contributed by atoms with Gasteiger partial charge in [-0.05, 0) is 50.0 Å². The number of nitrogens with zero attached hydrogens (tertiary/aromatic N) is 1. The maximum Gasteiger partial charge on any atom is 0.0110 e. The number of nitrogens with one attached hydrogen (secondary N) is 1. The Morgan fingerprint density at radius 2 is 1.89 bits per heavy atom. The minimum Gasteiger partial charge on any atom is -0.312 e. The molecule has 3 atom stereocenters. The summed E-state index contributed by atoms with van der Waals surface area (Å²) in [4.78, 5) is 2.66. The Morgan fingerprint density at radius 3 is 2.47 bits per heavy atom. The molecule has 19 heavy (non-hydrogen) atoms. The van der Waals surface area contributed by atoms with E-state index in [2.05, 4.69) is 37.9 Å². The van der Waals surface area contributed by atoms with Crippen LogP contribution in [0.3, 0.4) is 0 Å². The zero-order valence-corrected chi connectivity index (χ0v) is 13.5. The zero-order valence-electron chi connectivity index (χ0n) is 13.5. The van der Waals surface area contributed by atoms with E-state index < -0.39 is 0 Å². The molecule has 2 rings (SSSR count). The highest BCUT2D eigenvalue weighted by Gasteiger charge is 2.31. The third-order valence-electron chi connectivity index (χ3n) is 5.30. The molecule has 0 aromatic rings. The summed E-state index contributed by atoms with van der Waals surface area (Å²) in [5.41, 5.74) is 0. The third kappa shape index (κ3) is 4.46. The van der Waals surface area contributed by atoms with Crippen molar-refractivity contribution in [1.29, 1.82) is 0 Å². The standard InChI is InChI=1S/C17H34N2/c1-5-19(15-7-8-15)11-10-18-17-12-14(4)6-9-16(17)13(2)3/h13-18H,5-12H2,1-4H3. The monoisotopic (exact) mass is 266 g/mol. The number of hydrogen-bond acceptors (Lipinski definition) is 2. The van der Waals surface area contributed by atoms with Crippen LogP contribution in [0.15, 0.2) is 0 Å². The quantitative estimate of drug-likeness (QED) is 0.758. The van der Waals surface area contributed by atoms with E-state index in [1.807, 2.05) is 0 Å². The van der Waals surface area contributed by atoms with E-state index in [-0.39, 0.29) is 0 Å². The highest BCUT2D eigenvalue weighted by atomic mass is 15.2. The molecule has 0 saturated heterocycles. The fourth-order valence-electron chi connectivity index (χ4n) is 3.87. The molecule has 2 saturated carbocycles. The average Bonchev–Trinajstić information content (AvgIpc) is 3.18. The third-order valence-corrected chi connectivity index (χ3v) is 5.30. The van der Waals surface area contributed by atoms with Gasteiger partial charge in [0.2, 0.25) is 0 Å². The fraction of sp³-hybridized carbons (Fsp3) is 1.00. The molecule has 0 aromatic heterocycles. The summed E-state index contributed by atoms with van der Waals surface area (Å²) in [5.74, 6) is 2.64. The van der Waals surface area contributed by atoms with Gasteiger partial charge in [0.1, 0.15) is 0 Å². The molecule has 2 heteroatoms. The van der Waals surface area contributed by atoms with Gasteiger partial charge in [-0.1, -0.05) is 34.1 Å². The zero-order chi connectivity index (χ0) is 13.8. The van der Waals surface area contributed by atoms with Crippen molar-refractivity contribution >= 4 is 0 Å². The summed E-state index contributed by atoms with van der Waals surface area (Å²) in [5, 5.41) is 3.89. The predicted molar refractivity (Wildman–Crippen MR) is 83.4 cm³/mol. The molecule has 0 aromatic carbocycles. The predicted octanol–water partition coefficient (Wildman–Crippen LogP) is 3.52. The van der Waals surface area contributed by atoms with Gasteiger partial charge in [0.05, 0.1) is 0 Å². The molecule has 2 fully saturated rings. The molecule has 1 N–H and O–H groups in total. The first-order chi connectivity index (χ1) is 9.11. The van der Waals surface area contributed by atoms with Crippen LogP contribution >= 0.6 is 0 Å². The lowest BCUT2D eigenvalue weighted by Crippen LogP contribution is -2.45. The van der Waals surface area contributed by atoms with Gasteiger partial charge in [-0.3, -0.25) is 4.90 Å². The van der Waals surface area contributed by atoms with Crippen LogP contribution in [-0.2, 0) is 0 Å². The number of likely N-dealkylation sites (N-methyl/N-ethyl adjacent to an activating group) is 1. The molecule has 0 aliphatic heterocycles. The summed E-state index contributed by atoms with van der Waals surface area (Å²) in [6.45, 7) is 13.2. The van der Waals surface area contributed by atoms with E-state index in [0.717, 1.165) is 29.8 Å². The molecule has 2 aliphatic rings. The summed E-state index contributed by atoms with van der Waals surface area (Å²) >= 11 is 0. The molecular weight excluding hydrogens is 232 g/mol. The van der Waals surface area contributed by atoms with Crippen LogP contribution < -0.4 is 5.32 Å². The maximum absolute atomic E-state index is 3.89. The van der Waals surface area contributed by atoms with E-state index in [0.29, 0.717) is 0 Å². The summed E-state index contributed by atoms with van der Waals surface area (Å²) < 4.78 is 0. The second-order valence-corrected chi connectivity index (χ2v) is 7.25. The Balaban J connectivity index is 1.75. The number of hydrogen-bond donors (Lipinski definition) is 1. The van der Waals surface area contributed by atoms with E-state index in [4.69, 9.17) is 0 Å². The van der Waals surface area contributed by atoms with Gasteiger partial charge >= 0.3 is 0 Å². The molecule has 2 aliphatic carbocycles. The smallest absolute Gasteiger partial charge is 0.0110 e. The Morgan fingerprint density at radius 1 is 1.16 bits per heavy atom. The van der Waals surface area contributed by atoms with Crippen molar-refractivity contribution in [1.82, 2.24) is 10.2 Å². The van der Waals surface area contributed by atoms with Crippen molar-refractivity contribution in [2.75, 3.05) is 19.6 Å². The maximum atomic E-state index is 3.89. The molecule has 0 radical (unpaired) electrons. The Kier molecular flexibility index (Phi) is 5.70. The van der Waals surface area contributed by atoms with Gasteiger partial charge in [0.15, 0.2) is 0 Å². The van der Waals surface area contributed by atoms with Crippen molar-refractivity contribution < 1.29 is 0 Å². The molecular formula is C17H34N2. The number of rotatable bonds is 7. The molecule has 2 nitrogen and oxygen atoms in total. The van der Waals surface area contributed by atoms with Crippen LogP contribution in [0, 0.1) is 17.8 Å². The van der Waals surface area contributed by atoms with Crippen LogP contribution in [0.2, 0.25) is 0 Å². The minimum atomic E-state index is 0.765. The second kappa shape index (κ2) is 7.08.